The van der Waals surface area contributed by atoms with E-state index in [4.69, 9.17) is 32.7 Å². The molecule has 0 spiro atoms. The molecule has 0 heterocycles. The third kappa shape index (κ3) is 5.51. The molecule has 0 N–H and O–H groups in total. The fraction of sp³-hybridized carbons (Fsp3) is 0.278. The molecule has 4 nitrogen and oxygen atoms in total. The SMILES string of the molecule is COc1ccc(Cl)cc1CN(C)C(=O)CCOc1ccc(F)cc1Cl. The van der Waals surface area contributed by atoms with Gasteiger partial charge in [0.15, 0.2) is 0 Å². The molecule has 25 heavy (non-hydrogen) atoms. The summed E-state index contributed by atoms with van der Waals surface area (Å²) in [5, 5.41) is 0.746. The summed E-state index contributed by atoms with van der Waals surface area (Å²) in [7, 11) is 3.25. The van der Waals surface area contributed by atoms with E-state index in [9.17, 15) is 9.18 Å². The van der Waals surface area contributed by atoms with Gasteiger partial charge in [0.1, 0.15) is 17.3 Å². The van der Waals surface area contributed by atoms with Gasteiger partial charge in [0.2, 0.25) is 5.91 Å². The fourth-order valence-electron chi connectivity index (χ4n) is 2.25. The van der Waals surface area contributed by atoms with Crippen molar-refractivity contribution in [1.29, 1.82) is 0 Å². The van der Waals surface area contributed by atoms with Gasteiger partial charge in [-0.15, -0.1) is 0 Å². The van der Waals surface area contributed by atoms with Gasteiger partial charge < -0.3 is 14.4 Å². The van der Waals surface area contributed by atoms with Crippen molar-refractivity contribution in [2.75, 3.05) is 20.8 Å². The fourth-order valence-corrected chi connectivity index (χ4v) is 2.66. The minimum atomic E-state index is -0.441. The van der Waals surface area contributed by atoms with Gasteiger partial charge in [0, 0.05) is 24.2 Å². The molecule has 1 amide bonds. The molecule has 2 aromatic rings. The molecule has 0 aliphatic heterocycles. The predicted molar refractivity (Wildman–Crippen MR) is 96.0 cm³/mol. The topological polar surface area (TPSA) is 38.8 Å². The van der Waals surface area contributed by atoms with Crippen molar-refractivity contribution in [2.24, 2.45) is 0 Å². The van der Waals surface area contributed by atoms with Crippen LogP contribution in [0.3, 0.4) is 0 Å². The number of rotatable bonds is 7. The Morgan fingerprint density at radius 1 is 1.16 bits per heavy atom. The highest BCUT2D eigenvalue weighted by atomic mass is 35.5. The lowest BCUT2D eigenvalue weighted by Gasteiger charge is -2.19. The largest absolute Gasteiger partial charge is 0.496 e. The van der Waals surface area contributed by atoms with Crippen LogP contribution in [0.5, 0.6) is 11.5 Å². The molecule has 0 aliphatic carbocycles. The zero-order valence-electron chi connectivity index (χ0n) is 13.9. The molecule has 134 valence electrons. The van der Waals surface area contributed by atoms with E-state index in [0.29, 0.717) is 23.1 Å². The Balaban J connectivity index is 1.89. The number of nitrogens with zero attached hydrogens (tertiary/aromatic N) is 1. The van der Waals surface area contributed by atoms with Crippen molar-refractivity contribution in [1.82, 2.24) is 4.90 Å². The number of methoxy groups -OCH3 is 1. The Bertz CT molecular complexity index is 755. The van der Waals surface area contributed by atoms with Crippen molar-refractivity contribution < 1.29 is 18.7 Å². The Morgan fingerprint density at radius 3 is 2.56 bits per heavy atom. The number of carbonyl (C=O) groups is 1. The van der Waals surface area contributed by atoms with E-state index in [-0.39, 0.29) is 24.0 Å². The van der Waals surface area contributed by atoms with E-state index >= 15 is 0 Å². The van der Waals surface area contributed by atoms with Crippen LogP contribution in [0, 0.1) is 5.82 Å². The van der Waals surface area contributed by atoms with E-state index in [0.717, 1.165) is 11.6 Å². The van der Waals surface area contributed by atoms with Crippen LogP contribution in [-0.4, -0.2) is 31.6 Å². The maximum Gasteiger partial charge on any atom is 0.226 e. The average molecular weight is 386 g/mol. The van der Waals surface area contributed by atoms with Crippen LogP contribution in [-0.2, 0) is 11.3 Å². The van der Waals surface area contributed by atoms with Gasteiger partial charge in [0.25, 0.3) is 0 Å². The Labute approximate surface area is 156 Å². The van der Waals surface area contributed by atoms with Crippen LogP contribution in [0.2, 0.25) is 10.0 Å². The molecular weight excluding hydrogens is 368 g/mol. The molecule has 0 saturated carbocycles. The van der Waals surface area contributed by atoms with Crippen LogP contribution >= 0.6 is 23.2 Å². The highest BCUT2D eigenvalue weighted by Crippen LogP contribution is 2.25. The van der Waals surface area contributed by atoms with Crippen molar-refractivity contribution >= 4 is 29.1 Å². The van der Waals surface area contributed by atoms with Crippen molar-refractivity contribution in [3.05, 3.63) is 57.8 Å². The zero-order chi connectivity index (χ0) is 18.4. The van der Waals surface area contributed by atoms with Gasteiger partial charge in [-0.25, -0.2) is 4.39 Å². The predicted octanol–water partition coefficient (Wildman–Crippen LogP) is 4.57. The number of halogens is 3. The van der Waals surface area contributed by atoms with E-state index in [1.165, 1.54) is 12.1 Å². The molecule has 0 bridgehead atoms. The number of hydrogen-bond acceptors (Lipinski definition) is 3. The van der Waals surface area contributed by atoms with Crippen LogP contribution in [0.15, 0.2) is 36.4 Å². The summed E-state index contributed by atoms with van der Waals surface area (Å²) >= 11 is 11.9. The molecular formula is C18H18Cl2FNO3. The van der Waals surface area contributed by atoms with Crippen LogP contribution < -0.4 is 9.47 Å². The number of carbonyl (C=O) groups excluding carboxylic acids is 1. The van der Waals surface area contributed by atoms with Crippen LogP contribution in [0.4, 0.5) is 4.39 Å². The van der Waals surface area contributed by atoms with E-state index in [1.807, 2.05) is 0 Å². The average Bonchev–Trinajstić information content (AvgIpc) is 2.57. The van der Waals surface area contributed by atoms with Gasteiger partial charge in [-0.2, -0.15) is 0 Å². The molecule has 0 saturated heterocycles. The lowest BCUT2D eigenvalue weighted by Crippen LogP contribution is -2.27. The summed E-state index contributed by atoms with van der Waals surface area (Å²) in [5.74, 6) is 0.456. The summed E-state index contributed by atoms with van der Waals surface area (Å²) < 4.78 is 23.7. The normalized spacial score (nSPS) is 10.4. The number of ether oxygens (including phenoxy) is 2. The molecule has 0 aliphatic rings. The molecule has 0 fully saturated rings. The molecule has 2 aromatic carbocycles. The van der Waals surface area contributed by atoms with Crippen LogP contribution in [0.1, 0.15) is 12.0 Å². The zero-order valence-corrected chi connectivity index (χ0v) is 15.4. The molecule has 0 aromatic heterocycles. The summed E-state index contributed by atoms with van der Waals surface area (Å²) in [6.07, 6.45) is 0.160. The maximum absolute atomic E-state index is 13.0. The first-order chi connectivity index (χ1) is 11.9. The van der Waals surface area contributed by atoms with Gasteiger partial charge in [-0.3, -0.25) is 4.79 Å². The van der Waals surface area contributed by atoms with Gasteiger partial charge in [0.05, 0.1) is 25.2 Å². The Hall–Kier alpha value is -1.98. The molecule has 7 heteroatoms. The summed E-state index contributed by atoms with van der Waals surface area (Å²) in [6.45, 7) is 0.501. The maximum atomic E-state index is 13.0. The molecule has 0 radical (unpaired) electrons. The second-order valence-electron chi connectivity index (χ2n) is 5.38. The Morgan fingerprint density at radius 2 is 1.88 bits per heavy atom. The van der Waals surface area contributed by atoms with Gasteiger partial charge >= 0.3 is 0 Å². The highest BCUT2D eigenvalue weighted by molar-refractivity contribution is 6.32. The summed E-state index contributed by atoms with van der Waals surface area (Å²) in [4.78, 5) is 13.8. The van der Waals surface area contributed by atoms with Crippen molar-refractivity contribution in [3.63, 3.8) is 0 Å². The molecule has 0 atom stereocenters. The quantitative estimate of drug-likeness (QED) is 0.700. The third-order valence-corrected chi connectivity index (χ3v) is 4.07. The van der Waals surface area contributed by atoms with Gasteiger partial charge in [-0.1, -0.05) is 23.2 Å². The standard InChI is InChI=1S/C18H18Cl2FNO3/c1-22(11-12-9-13(19)3-5-16(12)24-2)18(23)7-8-25-17-6-4-14(21)10-15(17)20/h3-6,9-10H,7-8,11H2,1-2H3. The molecule has 0 unspecified atom stereocenters. The first kappa shape index (κ1) is 19.3. The van der Waals surface area contributed by atoms with E-state index in [2.05, 4.69) is 0 Å². The van der Waals surface area contributed by atoms with E-state index in [1.54, 1.807) is 37.3 Å². The second kappa shape index (κ2) is 8.92. The smallest absolute Gasteiger partial charge is 0.226 e. The summed E-state index contributed by atoms with van der Waals surface area (Å²) in [5.41, 5.74) is 0.813. The lowest BCUT2D eigenvalue weighted by atomic mass is 10.2. The van der Waals surface area contributed by atoms with Crippen molar-refractivity contribution in [2.45, 2.75) is 13.0 Å². The first-order valence-electron chi connectivity index (χ1n) is 7.55. The highest BCUT2D eigenvalue weighted by Gasteiger charge is 2.13. The van der Waals surface area contributed by atoms with Crippen LogP contribution in [0.25, 0.3) is 0 Å². The third-order valence-electron chi connectivity index (χ3n) is 3.54. The van der Waals surface area contributed by atoms with Gasteiger partial charge in [-0.05, 0) is 36.4 Å². The summed E-state index contributed by atoms with van der Waals surface area (Å²) in [6, 6.07) is 9.10. The minimum absolute atomic E-state index is 0.111. The number of benzene rings is 2. The van der Waals surface area contributed by atoms with E-state index < -0.39 is 5.82 Å². The first-order valence-corrected chi connectivity index (χ1v) is 8.30. The second-order valence-corrected chi connectivity index (χ2v) is 6.22. The van der Waals surface area contributed by atoms with Crippen molar-refractivity contribution in [3.8, 4) is 11.5 Å². The Kier molecular flexibility index (Phi) is 6.91. The monoisotopic (exact) mass is 385 g/mol. The minimum Gasteiger partial charge on any atom is -0.496 e. The lowest BCUT2D eigenvalue weighted by molar-refractivity contribution is -0.130. The number of hydrogen-bond donors (Lipinski definition) is 0. The number of amides is 1. The molecule has 2 rings (SSSR count).